The second kappa shape index (κ2) is 4.11. The fourth-order valence-corrected chi connectivity index (χ4v) is 3.98. The lowest BCUT2D eigenvalue weighted by Crippen LogP contribution is -2.59. The van der Waals surface area contributed by atoms with Gasteiger partial charge in [-0.15, -0.1) is 11.8 Å². The van der Waals surface area contributed by atoms with Crippen LogP contribution >= 0.6 is 11.8 Å². The minimum Gasteiger partial charge on any atom is -0.327 e. The molecule has 0 aromatic carbocycles. The van der Waals surface area contributed by atoms with Gasteiger partial charge in [-0.1, -0.05) is 0 Å². The summed E-state index contributed by atoms with van der Waals surface area (Å²) in [5.74, 6) is 1.34. The fraction of sp³-hybridized carbons (Fsp3) is 0.900. The van der Waals surface area contributed by atoms with Crippen molar-refractivity contribution < 1.29 is 4.79 Å². The zero-order valence-electron chi connectivity index (χ0n) is 8.71. The lowest BCUT2D eigenvalue weighted by Gasteiger charge is -2.48. The maximum atomic E-state index is 11.8. The molecule has 0 aliphatic carbocycles. The van der Waals surface area contributed by atoms with Crippen LogP contribution in [0.2, 0.25) is 0 Å². The van der Waals surface area contributed by atoms with Crippen molar-refractivity contribution >= 4 is 17.7 Å². The van der Waals surface area contributed by atoms with E-state index in [9.17, 15) is 4.79 Å². The smallest absolute Gasteiger partial charge is 0.224 e. The first-order valence-electron chi connectivity index (χ1n) is 5.44. The predicted molar refractivity (Wildman–Crippen MR) is 59.3 cm³/mol. The van der Waals surface area contributed by atoms with Crippen molar-refractivity contribution in [2.75, 3.05) is 25.4 Å². The van der Waals surface area contributed by atoms with E-state index < -0.39 is 0 Å². The third-order valence-electron chi connectivity index (χ3n) is 3.12. The van der Waals surface area contributed by atoms with Crippen molar-refractivity contribution in [2.24, 2.45) is 0 Å². The molecule has 14 heavy (non-hydrogen) atoms. The zero-order chi connectivity index (χ0) is 10.0. The third kappa shape index (κ3) is 1.65. The van der Waals surface area contributed by atoms with Crippen LogP contribution in [-0.4, -0.2) is 41.1 Å². The molecule has 1 N–H and O–H groups in total. The fourth-order valence-electron chi connectivity index (χ4n) is 2.45. The summed E-state index contributed by atoms with van der Waals surface area (Å²) in [6, 6.07) is 0. The average molecular weight is 214 g/mol. The van der Waals surface area contributed by atoms with E-state index in [2.05, 4.69) is 17.1 Å². The number of hydrogen-bond donors (Lipinski definition) is 1. The van der Waals surface area contributed by atoms with E-state index in [-0.39, 0.29) is 4.87 Å². The lowest BCUT2D eigenvalue weighted by molar-refractivity contribution is -0.135. The number of thioether (sulfide) groups is 1. The van der Waals surface area contributed by atoms with Crippen LogP contribution in [0.15, 0.2) is 0 Å². The van der Waals surface area contributed by atoms with E-state index >= 15 is 0 Å². The molecule has 3 nitrogen and oxygen atoms in total. The number of carbonyl (C=O) groups excluding carboxylic acids is 1. The number of piperidine rings is 1. The molecule has 2 saturated heterocycles. The van der Waals surface area contributed by atoms with Gasteiger partial charge >= 0.3 is 0 Å². The van der Waals surface area contributed by atoms with E-state index in [4.69, 9.17) is 0 Å². The number of amides is 1. The largest absolute Gasteiger partial charge is 0.327 e. The Morgan fingerprint density at radius 2 is 2.50 bits per heavy atom. The van der Waals surface area contributed by atoms with E-state index in [1.54, 1.807) is 0 Å². The van der Waals surface area contributed by atoms with E-state index in [0.29, 0.717) is 5.91 Å². The summed E-state index contributed by atoms with van der Waals surface area (Å²) in [4.78, 5) is 13.9. The molecule has 1 spiro atoms. The van der Waals surface area contributed by atoms with Gasteiger partial charge in [-0.05, 0) is 26.3 Å². The average Bonchev–Trinajstić information content (AvgIpc) is 2.19. The Hall–Kier alpha value is -0.220. The first-order valence-corrected chi connectivity index (χ1v) is 6.42. The minimum absolute atomic E-state index is 0.0856. The second-order valence-electron chi connectivity index (χ2n) is 3.96. The van der Waals surface area contributed by atoms with Crippen molar-refractivity contribution in [1.82, 2.24) is 10.2 Å². The summed E-state index contributed by atoms with van der Waals surface area (Å²) in [6.45, 7) is 5.01. The van der Waals surface area contributed by atoms with Gasteiger partial charge in [0.1, 0.15) is 4.87 Å². The van der Waals surface area contributed by atoms with Crippen LogP contribution in [0.3, 0.4) is 0 Å². The van der Waals surface area contributed by atoms with Crippen LogP contribution in [-0.2, 0) is 4.79 Å². The zero-order valence-corrected chi connectivity index (χ0v) is 9.53. The maximum absolute atomic E-state index is 11.8. The first-order chi connectivity index (χ1) is 6.78. The standard InChI is InChI=1S/C10H18N2OS/c1-2-12-9(13)4-7-14-10(12)5-3-6-11-8-10/h11H,2-8H2,1H3. The number of carbonyl (C=O) groups is 1. The molecular weight excluding hydrogens is 196 g/mol. The van der Waals surface area contributed by atoms with Crippen molar-refractivity contribution in [3.05, 3.63) is 0 Å². The Bertz CT molecular complexity index is 221. The number of nitrogens with one attached hydrogen (secondary N) is 1. The number of rotatable bonds is 1. The van der Waals surface area contributed by atoms with E-state index in [1.807, 2.05) is 11.8 Å². The molecule has 2 heterocycles. The number of hydrogen-bond acceptors (Lipinski definition) is 3. The summed E-state index contributed by atoms with van der Waals surface area (Å²) in [5, 5.41) is 3.42. The normalized spacial score (nSPS) is 33.8. The molecule has 4 heteroatoms. The molecular formula is C10H18N2OS. The Morgan fingerprint density at radius 3 is 3.14 bits per heavy atom. The van der Waals surface area contributed by atoms with Gasteiger partial charge in [0, 0.05) is 25.3 Å². The van der Waals surface area contributed by atoms with Crippen molar-refractivity contribution in [3.8, 4) is 0 Å². The van der Waals surface area contributed by atoms with Crippen LogP contribution in [0.4, 0.5) is 0 Å². The van der Waals surface area contributed by atoms with Crippen LogP contribution in [0.25, 0.3) is 0 Å². The Kier molecular flexibility index (Phi) is 3.02. The molecule has 2 aliphatic rings. The Morgan fingerprint density at radius 1 is 1.64 bits per heavy atom. The van der Waals surface area contributed by atoms with Crippen molar-refractivity contribution in [2.45, 2.75) is 31.1 Å². The molecule has 0 radical (unpaired) electrons. The Labute approximate surface area is 89.6 Å². The summed E-state index contributed by atoms with van der Waals surface area (Å²) >= 11 is 1.97. The van der Waals surface area contributed by atoms with Crippen LogP contribution in [0.5, 0.6) is 0 Å². The van der Waals surface area contributed by atoms with Crippen LogP contribution in [0, 0.1) is 0 Å². The van der Waals surface area contributed by atoms with E-state index in [0.717, 1.165) is 38.2 Å². The summed E-state index contributed by atoms with van der Waals surface area (Å²) in [5.41, 5.74) is 0. The molecule has 0 bridgehead atoms. The number of nitrogens with zero attached hydrogens (tertiary/aromatic N) is 1. The van der Waals surface area contributed by atoms with Gasteiger partial charge in [0.25, 0.3) is 0 Å². The lowest BCUT2D eigenvalue weighted by atomic mass is 10.0. The topological polar surface area (TPSA) is 32.3 Å². The minimum atomic E-state index is 0.0856. The predicted octanol–water partition coefficient (Wildman–Crippen LogP) is 1.05. The highest BCUT2D eigenvalue weighted by molar-refractivity contribution is 8.00. The van der Waals surface area contributed by atoms with Crippen molar-refractivity contribution in [1.29, 1.82) is 0 Å². The molecule has 2 aliphatic heterocycles. The van der Waals surface area contributed by atoms with Gasteiger partial charge in [0.05, 0.1) is 0 Å². The molecule has 0 aromatic rings. The molecule has 1 unspecified atom stereocenters. The summed E-state index contributed by atoms with van der Waals surface area (Å²) in [7, 11) is 0. The molecule has 0 saturated carbocycles. The molecule has 0 aromatic heterocycles. The molecule has 2 rings (SSSR count). The van der Waals surface area contributed by atoms with Gasteiger partial charge in [-0.25, -0.2) is 0 Å². The number of likely N-dealkylation sites (N-methyl/N-ethyl adjacent to an activating group) is 1. The van der Waals surface area contributed by atoms with Gasteiger partial charge in [0.2, 0.25) is 5.91 Å². The molecule has 2 fully saturated rings. The molecule has 80 valence electrons. The van der Waals surface area contributed by atoms with Gasteiger partial charge in [-0.3, -0.25) is 4.79 Å². The monoisotopic (exact) mass is 214 g/mol. The molecule has 1 atom stereocenters. The second-order valence-corrected chi connectivity index (χ2v) is 5.42. The third-order valence-corrected chi connectivity index (χ3v) is 4.63. The van der Waals surface area contributed by atoms with E-state index in [1.165, 1.54) is 6.42 Å². The Balaban J connectivity index is 2.16. The summed E-state index contributed by atoms with van der Waals surface area (Å²) < 4.78 is 0. The van der Waals surface area contributed by atoms with Gasteiger partial charge in [-0.2, -0.15) is 0 Å². The highest BCUT2D eigenvalue weighted by Crippen LogP contribution is 2.39. The van der Waals surface area contributed by atoms with Crippen LogP contribution in [0.1, 0.15) is 26.2 Å². The highest BCUT2D eigenvalue weighted by Gasteiger charge is 2.42. The van der Waals surface area contributed by atoms with Gasteiger partial charge in [0.15, 0.2) is 0 Å². The SMILES string of the molecule is CCN1C(=O)CCSC12CCCNC2. The first kappa shape index (κ1) is 10.3. The quantitative estimate of drug-likeness (QED) is 0.708. The maximum Gasteiger partial charge on any atom is 0.224 e. The highest BCUT2D eigenvalue weighted by atomic mass is 32.2. The summed E-state index contributed by atoms with van der Waals surface area (Å²) in [6.07, 6.45) is 3.07. The molecule has 1 amide bonds. The van der Waals surface area contributed by atoms with Crippen molar-refractivity contribution in [3.63, 3.8) is 0 Å². The van der Waals surface area contributed by atoms with Gasteiger partial charge < -0.3 is 10.2 Å². The van der Waals surface area contributed by atoms with Crippen LogP contribution < -0.4 is 5.32 Å².